The minimum atomic E-state index is -0.460. The molecule has 0 aromatic heterocycles. The van der Waals surface area contributed by atoms with E-state index in [2.05, 4.69) is 32.0 Å². The molecule has 2 aromatic carbocycles. The van der Waals surface area contributed by atoms with Crippen LogP contribution in [-0.4, -0.2) is 0 Å². The van der Waals surface area contributed by atoms with E-state index in [1.54, 1.807) is 0 Å². The van der Waals surface area contributed by atoms with Crippen LogP contribution in [0.5, 0.6) is 0 Å². The van der Waals surface area contributed by atoms with Crippen molar-refractivity contribution in [2.24, 2.45) is 5.73 Å². The van der Waals surface area contributed by atoms with Crippen molar-refractivity contribution < 1.29 is 0 Å². The molecule has 2 heteroatoms. The van der Waals surface area contributed by atoms with E-state index in [1.807, 2.05) is 31.2 Å². The molecular formula is C17H20ClN. The van der Waals surface area contributed by atoms with Crippen molar-refractivity contribution in [3.63, 3.8) is 0 Å². The lowest BCUT2D eigenvalue weighted by atomic mass is 9.86. The average molecular weight is 274 g/mol. The second kappa shape index (κ2) is 5.36. The first-order valence-electron chi connectivity index (χ1n) is 6.49. The van der Waals surface area contributed by atoms with Gasteiger partial charge in [0.25, 0.3) is 0 Å². The van der Waals surface area contributed by atoms with Crippen molar-refractivity contribution >= 4 is 11.6 Å². The Hall–Kier alpha value is -1.31. The zero-order chi connectivity index (χ0) is 14.0. The maximum absolute atomic E-state index is 6.49. The molecule has 1 nitrogen and oxygen atoms in total. The molecule has 0 bridgehead atoms. The van der Waals surface area contributed by atoms with Gasteiger partial charge in [0, 0.05) is 10.6 Å². The van der Waals surface area contributed by atoms with E-state index in [9.17, 15) is 0 Å². The maximum atomic E-state index is 6.49. The molecule has 0 amide bonds. The van der Waals surface area contributed by atoms with Gasteiger partial charge in [-0.3, -0.25) is 0 Å². The number of benzene rings is 2. The van der Waals surface area contributed by atoms with Gasteiger partial charge in [-0.25, -0.2) is 0 Å². The number of rotatable bonds is 3. The van der Waals surface area contributed by atoms with E-state index in [4.69, 9.17) is 17.3 Å². The number of halogens is 1. The molecule has 0 fully saturated rings. The molecule has 0 aliphatic rings. The molecule has 0 radical (unpaired) electrons. The molecular weight excluding hydrogens is 254 g/mol. The summed E-state index contributed by atoms with van der Waals surface area (Å²) in [5.74, 6) is 0. The Kier molecular flexibility index (Phi) is 3.98. The number of aryl methyl sites for hydroxylation is 2. The van der Waals surface area contributed by atoms with E-state index in [0.29, 0.717) is 0 Å². The minimum Gasteiger partial charge on any atom is -0.321 e. The Balaban J connectivity index is 2.33. The highest BCUT2D eigenvalue weighted by atomic mass is 35.5. The van der Waals surface area contributed by atoms with Gasteiger partial charge in [-0.2, -0.15) is 0 Å². The topological polar surface area (TPSA) is 26.0 Å². The van der Waals surface area contributed by atoms with Crippen LogP contribution in [0.4, 0.5) is 0 Å². The Bertz CT molecular complexity index is 567. The van der Waals surface area contributed by atoms with Crippen molar-refractivity contribution in [3.8, 4) is 0 Å². The van der Waals surface area contributed by atoms with Crippen LogP contribution in [-0.2, 0) is 12.0 Å². The normalized spacial score (nSPS) is 14.2. The quantitative estimate of drug-likeness (QED) is 0.883. The van der Waals surface area contributed by atoms with Gasteiger partial charge in [0.05, 0.1) is 0 Å². The highest BCUT2D eigenvalue weighted by Crippen LogP contribution is 2.29. The minimum absolute atomic E-state index is 0.460. The summed E-state index contributed by atoms with van der Waals surface area (Å²) in [5.41, 5.74) is 10.8. The monoisotopic (exact) mass is 273 g/mol. The SMILES string of the molecule is Cc1cc(C)cc(CC(C)(N)c2ccccc2Cl)c1. The lowest BCUT2D eigenvalue weighted by Crippen LogP contribution is -2.35. The molecule has 2 aromatic rings. The van der Waals surface area contributed by atoms with Gasteiger partial charge < -0.3 is 5.73 Å². The first-order valence-corrected chi connectivity index (χ1v) is 6.87. The predicted octanol–water partition coefficient (Wildman–Crippen LogP) is 4.37. The second-order valence-corrected chi connectivity index (χ2v) is 5.98. The molecule has 0 heterocycles. The molecule has 100 valence electrons. The van der Waals surface area contributed by atoms with Crippen molar-refractivity contribution in [2.45, 2.75) is 32.7 Å². The molecule has 0 aliphatic carbocycles. The van der Waals surface area contributed by atoms with Crippen LogP contribution in [0.3, 0.4) is 0 Å². The van der Waals surface area contributed by atoms with Gasteiger partial charge in [0.1, 0.15) is 0 Å². The van der Waals surface area contributed by atoms with Crippen molar-refractivity contribution in [3.05, 3.63) is 69.7 Å². The maximum Gasteiger partial charge on any atom is 0.0456 e. The number of hydrogen-bond donors (Lipinski definition) is 1. The van der Waals surface area contributed by atoms with Gasteiger partial charge >= 0.3 is 0 Å². The van der Waals surface area contributed by atoms with Crippen LogP contribution in [0, 0.1) is 13.8 Å². The van der Waals surface area contributed by atoms with Crippen LogP contribution in [0.1, 0.15) is 29.2 Å². The Morgan fingerprint density at radius 3 is 2.21 bits per heavy atom. The lowest BCUT2D eigenvalue weighted by Gasteiger charge is -2.27. The molecule has 1 unspecified atom stereocenters. The summed E-state index contributed by atoms with van der Waals surface area (Å²) in [6.45, 7) is 6.26. The third-order valence-electron chi connectivity index (χ3n) is 3.34. The van der Waals surface area contributed by atoms with E-state index in [-0.39, 0.29) is 0 Å². The molecule has 1 atom stereocenters. The van der Waals surface area contributed by atoms with E-state index in [0.717, 1.165) is 17.0 Å². The highest BCUT2D eigenvalue weighted by Gasteiger charge is 2.24. The Morgan fingerprint density at radius 1 is 1.05 bits per heavy atom. The third-order valence-corrected chi connectivity index (χ3v) is 3.67. The summed E-state index contributed by atoms with van der Waals surface area (Å²) >= 11 is 6.26. The van der Waals surface area contributed by atoms with Gasteiger partial charge in [-0.05, 0) is 44.4 Å². The van der Waals surface area contributed by atoms with Crippen molar-refractivity contribution in [1.82, 2.24) is 0 Å². The summed E-state index contributed by atoms with van der Waals surface area (Å²) < 4.78 is 0. The van der Waals surface area contributed by atoms with Crippen molar-refractivity contribution in [1.29, 1.82) is 0 Å². The van der Waals surface area contributed by atoms with Crippen LogP contribution in [0.15, 0.2) is 42.5 Å². The second-order valence-electron chi connectivity index (χ2n) is 5.57. The Morgan fingerprint density at radius 2 is 1.63 bits per heavy atom. The summed E-state index contributed by atoms with van der Waals surface area (Å²) in [4.78, 5) is 0. The standard InChI is InChI=1S/C17H20ClN/c1-12-8-13(2)10-14(9-12)11-17(3,19)15-6-4-5-7-16(15)18/h4-10H,11,19H2,1-3H3. The van der Waals surface area contributed by atoms with Crippen LogP contribution < -0.4 is 5.73 Å². The Labute approximate surface area is 120 Å². The fraction of sp³-hybridized carbons (Fsp3) is 0.294. The fourth-order valence-electron chi connectivity index (χ4n) is 2.61. The summed E-state index contributed by atoms with van der Waals surface area (Å²) in [6.07, 6.45) is 0.777. The molecule has 0 aliphatic heterocycles. The van der Waals surface area contributed by atoms with Crippen LogP contribution >= 0.6 is 11.6 Å². The summed E-state index contributed by atoms with van der Waals surface area (Å²) in [7, 11) is 0. The first-order chi connectivity index (χ1) is 8.88. The van der Waals surface area contributed by atoms with Gasteiger partial charge in [-0.15, -0.1) is 0 Å². The first kappa shape index (κ1) is 14.1. The fourth-order valence-corrected chi connectivity index (χ4v) is 2.97. The summed E-state index contributed by atoms with van der Waals surface area (Å²) in [5, 5.41) is 0.733. The smallest absolute Gasteiger partial charge is 0.0456 e. The van der Waals surface area contributed by atoms with Gasteiger partial charge in [-0.1, -0.05) is 59.1 Å². The molecule has 0 saturated carbocycles. The highest BCUT2D eigenvalue weighted by molar-refractivity contribution is 6.31. The van der Waals surface area contributed by atoms with E-state index >= 15 is 0 Å². The zero-order valence-corrected chi connectivity index (χ0v) is 12.5. The lowest BCUT2D eigenvalue weighted by molar-refractivity contribution is 0.491. The molecule has 2 rings (SSSR count). The van der Waals surface area contributed by atoms with E-state index in [1.165, 1.54) is 16.7 Å². The van der Waals surface area contributed by atoms with Gasteiger partial charge in [0.15, 0.2) is 0 Å². The van der Waals surface area contributed by atoms with Crippen LogP contribution in [0.2, 0.25) is 5.02 Å². The molecule has 2 N–H and O–H groups in total. The van der Waals surface area contributed by atoms with Gasteiger partial charge in [0.2, 0.25) is 0 Å². The van der Waals surface area contributed by atoms with E-state index < -0.39 is 5.54 Å². The predicted molar refractivity (Wildman–Crippen MR) is 82.6 cm³/mol. The largest absolute Gasteiger partial charge is 0.321 e. The van der Waals surface area contributed by atoms with Crippen molar-refractivity contribution in [2.75, 3.05) is 0 Å². The molecule has 0 spiro atoms. The zero-order valence-electron chi connectivity index (χ0n) is 11.7. The molecule has 0 saturated heterocycles. The molecule has 19 heavy (non-hydrogen) atoms. The number of nitrogens with two attached hydrogens (primary N) is 1. The average Bonchev–Trinajstić information content (AvgIpc) is 2.26. The third kappa shape index (κ3) is 3.37. The van der Waals surface area contributed by atoms with Crippen LogP contribution in [0.25, 0.3) is 0 Å². The summed E-state index contributed by atoms with van der Waals surface area (Å²) in [6, 6.07) is 14.4. The number of hydrogen-bond acceptors (Lipinski definition) is 1.